The highest BCUT2D eigenvalue weighted by atomic mass is 19.3. The lowest BCUT2D eigenvalue weighted by Crippen LogP contribution is -2.26. The van der Waals surface area contributed by atoms with Crippen LogP contribution in [0.15, 0.2) is 0 Å². The molecule has 0 bridgehead atoms. The zero-order chi connectivity index (χ0) is 21.9. The van der Waals surface area contributed by atoms with E-state index in [2.05, 4.69) is 9.47 Å². The maximum Gasteiger partial charge on any atom is 0.309 e. The third-order valence-electron chi connectivity index (χ3n) is 4.69. The Hall–Kier alpha value is -2.40. The van der Waals surface area contributed by atoms with Gasteiger partial charge in [-0.05, 0) is 0 Å². The number of carbonyl (C=O) groups is 4. The predicted molar refractivity (Wildman–Crippen MR) is 81.6 cm³/mol. The van der Waals surface area contributed by atoms with Crippen molar-refractivity contribution in [3.8, 4) is 0 Å². The van der Waals surface area contributed by atoms with Crippen molar-refractivity contribution >= 4 is 23.9 Å². The van der Waals surface area contributed by atoms with E-state index in [1.54, 1.807) is 0 Å². The van der Waals surface area contributed by atoms with E-state index in [9.17, 15) is 36.7 Å². The lowest BCUT2D eigenvalue weighted by Gasteiger charge is -2.11. The Morgan fingerprint density at radius 1 is 0.679 bits per heavy atom. The number of aliphatic carboxylic acids is 2. The highest BCUT2D eigenvalue weighted by molar-refractivity contribution is 5.82. The van der Waals surface area contributed by atoms with Crippen LogP contribution >= 0.6 is 0 Å². The first-order valence-electron chi connectivity index (χ1n) is 8.11. The van der Waals surface area contributed by atoms with Crippen molar-refractivity contribution in [2.24, 2.45) is 23.7 Å². The molecule has 0 radical (unpaired) electrons. The Labute approximate surface area is 156 Å². The zero-order valence-corrected chi connectivity index (χ0v) is 15.0. The van der Waals surface area contributed by atoms with Gasteiger partial charge in [-0.3, -0.25) is 19.2 Å². The second-order valence-corrected chi connectivity index (χ2v) is 6.68. The third-order valence-corrected chi connectivity index (χ3v) is 4.69. The van der Waals surface area contributed by atoms with E-state index in [4.69, 9.17) is 10.2 Å². The van der Waals surface area contributed by atoms with Crippen LogP contribution in [0.3, 0.4) is 0 Å². The molecule has 0 amide bonds. The fourth-order valence-corrected chi connectivity index (χ4v) is 3.34. The lowest BCUT2D eigenvalue weighted by atomic mass is 9.97. The number of carboxylic acid groups (broad SMARTS) is 2. The number of alkyl halides is 4. The van der Waals surface area contributed by atoms with Crippen molar-refractivity contribution in [2.75, 3.05) is 14.2 Å². The second-order valence-electron chi connectivity index (χ2n) is 6.68. The molecule has 2 aliphatic carbocycles. The first kappa shape index (κ1) is 23.6. The van der Waals surface area contributed by atoms with Crippen molar-refractivity contribution in [3.05, 3.63) is 0 Å². The van der Waals surface area contributed by atoms with E-state index in [0.717, 1.165) is 14.2 Å². The minimum atomic E-state index is -3.08. The molecule has 2 saturated carbocycles. The van der Waals surface area contributed by atoms with Crippen molar-refractivity contribution < 1.29 is 56.4 Å². The van der Waals surface area contributed by atoms with Gasteiger partial charge in [0.2, 0.25) is 11.8 Å². The molecule has 0 spiro atoms. The van der Waals surface area contributed by atoms with E-state index < -0.39 is 85.1 Å². The molecule has 28 heavy (non-hydrogen) atoms. The minimum Gasteiger partial charge on any atom is -0.481 e. The number of hydrogen-bond donors (Lipinski definition) is 2. The smallest absolute Gasteiger partial charge is 0.309 e. The monoisotopic (exact) mass is 416 g/mol. The molecule has 0 aromatic rings. The average molecular weight is 416 g/mol. The van der Waals surface area contributed by atoms with E-state index in [0.29, 0.717) is 0 Å². The maximum atomic E-state index is 12.8. The van der Waals surface area contributed by atoms with Crippen molar-refractivity contribution in [1.29, 1.82) is 0 Å². The van der Waals surface area contributed by atoms with E-state index in [-0.39, 0.29) is 0 Å². The van der Waals surface area contributed by atoms with Crippen LogP contribution in [-0.2, 0) is 28.7 Å². The summed E-state index contributed by atoms with van der Waals surface area (Å²) in [6.45, 7) is 0. The molecule has 4 atom stereocenters. The normalized spacial score (nSPS) is 29.9. The molecule has 0 aromatic heterocycles. The Morgan fingerprint density at radius 2 is 0.929 bits per heavy atom. The summed E-state index contributed by atoms with van der Waals surface area (Å²) < 4.78 is 59.9. The molecule has 160 valence electrons. The first-order chi connectivity index (χ1) is 12.7. The zero-order valence-electron chi connectivity index (χ0n) is 15.0. The Morgan fingerprint density at radius 3 is 1.14 bits per heavy atom. The van der Waals surface area contributed by atoms with Crippen LogP contribution in [0.1, 0.15) is 25.7 Å². The molecule has 2 aliphatic rings. The largest absolute Gasteiger partial charge is 0.481 e. The Balaban J connectivity index is 0.000000280. The molecular weight excluding hydrogens is 396 g/mol. The number of rotatable bonds is 4. The molecule has 0 aromatic carbocycles. The second kappa shape index (κ2) is 8.74. The van der Waals surface area contributed by atoms with Gasteiger partial charge in [-0.25, -0.2) is 17.6 Å². The van der Waals surface area contributed by atoms with E-state index in [1.807, 2.05) is 0 Å². The summed E-state index contributed by atoms with van der Waals surface area (Å²) in [6.07, 6.45) is -3.06. The fourth-order valence-electron chi connectivity index (χ4n) is 3.34. The summed E-state index contributed by atoms with van der Waals surface area (Å²) in [4.78, 5) is 43.2. The summed E-state index contributed by atoms with van der Waals surface area (Å²) >= 11 is 0. The van der Waals surface area contributed by atoms with Crippen LogP contribution in [0.2, 0.25) is 0 Å². The van der Waals surface area contributed by atoms with Crippen LogP contribution in [0.4, 0.5) is 17.6 Å². The Kier molecular flexibility index (Phi) is 7.38. The summed E-state index contributed by atoms with van der Waals surface area (Å²) in [7, 11) is 2.11. The number of ether oxygens (including phenoxy) is 2. The van der Waals surface area contributed by atoms with Crippen molar-refractivity contribution in [1.82, 2.24) is 0 Å². The number of esters is 2. The van der Waals surface area contributed by atoms with Crippen LogP contribution < -0.4 is 0 Å². The number of methoxy groups -OCH3 is 2. The molecular formula is C16H20F4O8. The third kappa shape index (κ3) is 5.80. The van der Waals surface area contributed by atoms with Gasteiger partial charge >= 0.3 is 23.9 Å². The van der Waals surface area contributed by atoms with Crippen LogP contribution in [0, 0.1) is 23.7 Å². The highest BCUT2D eigenvalue weighted by Gasteiger charge is 2.53. The van der Waals surface area contributed by atoms with Gasteiger partial charge in [0, 0.05) is 25.7 Å². The van der Waals surface area contributed by atoms with Crippen molar-refractivity contribution in [2.45, 2.75) is 37.5 Å². The Bertz CT molecular complexity index is 582. The van der Waals surface area contributed by atoms with Gasteiger partial charge in [0.25, 0.3) is 0 Å². The van der Waals surface area contributed by atoms with Gasteiger partial charge in [-0.1, -0.05) is 0 Å². The number of hydrogen-bond acceptors (Lipinski definition) is 6. The average Bonchev–Trinajstić information content (AvgIpc) is 3.10. The number of carboxylic acids is 2. The highest BCUT2D eigenvalue weighted by Crippen LogP contribution is 2.44. The van der Waals surface area contributed by atoms with Crippen LogP contribution in [0.25, 0.3) is 0 Å². The van der Waals surface area contributed by atoms with Gasteiger partial charge in [0.1, 0.15) is 0 Å². The molecule has 0 heterocycles. The predicted octanol–water partition coefficient (Wildman–Crippen LogP) is 1.81. The van der Waals surface area contributed by atoms with Gasteiger partial charge < -0.3 is 19.7 Å². The van der Waals surface area contributed by atoms with Gasteiger partial charge in [-0.15, -0.1) is 0 Å². The summed E-state index contributed by atoms with van der Waals surface area (Å²) in [5.74, 6) is -15.8. The molecule has 8 nitrogen and oxygen atoms in total. The lowest BCUT2D eigenvalue weighted by molar-refractivity contribution is -0.154. The molecule has 12 heteroatoms. The topological polar surface area (TPSA) is 127 Å². The quantitative estimate of drug-likeness (QED) is 0.525. The molecule has 0 saturated heterocycles. The van der Waals surface area contributed by atoms with E-state index >= 15 is 0 Å². The minimum absolute atomic E-state index is 0.739. The fraction of sp³-hybridized carbons (Fsp3) is 0.750. The van der Waals surface area contributed by atoms with Crippen LogP contribution in [-0.4, -0.2) is 60.2 Å². The van der Waals surface area contributed by atoms with Crippen molar-refractivity contribution in [3.63, 3.8) is 0 Å². The van der Waals surface area contributed by atoms with Gasteiger partial charge in [0.15, 0.2) is 0 Å². The standard InChI is InChI=1S/2C8H10F2O4/c2*1-14-7(13)5-3-8(9,10)2-4(5)6(11)12/h2*4-5H,2-3H2,1H3,(H,11,12)/t2*4-,5-/m10/s1. The SMILES string of the molecule is COC(=O)[C@@H]1CC(F)(F)C[C@H]1C(=O)O.COC(=O)[C@H]1CC(F)(F)C[C@@H]1C(=O)O. The number of halogens is 4. The summed E-state index contributed by atoms with van der Waals surface area (Å²) in [6, 6.07) is 0. The maximum absolute atomic E-state index is 12.8. The summed E-state index contributed by atoms with van der Waals surface area (Å²) in [5, 5.41) is 17.2. The van der Waals surface area contributed by atoms with Gasteiger partial charge in [0.05, 0.1) is 37.9 Å². The van der Waals surface area contributed by atoms with E-state index in [1.165, 1.54) is 0 Å². The molecule has 2 fully saturated rings. The van der Waals surface area contributed by atoms with Gasteiger partial charge in [-0.2, -0.15) is 0 Å². The molecule has 0 unspecified atom stereocenters. The molecule has 2 N–H and O–H groups in total. The summed E-state index contributed by atoms with van der Waals surface area (Å²) in [5.41, 5.74) is 0. The van der Waals surface area contributed by atoms with Crippen LogP contribution in [0.5, 0.6) is 0 Å². The number of carbonyl (C=O) groups excluding carboxylic acids is 2. The first-order valence-corrected chi connectivity index (χ1v) is 8.11. The molecule has 2 rings (SSSR count). The molecule has 0 aliphatic heterocycles.